The van der Waals surface area contributed by atoms with Crippen molar-refractivity contribution in [1.29, 1.82) is 0 Å². The minimum Gasteiger partial charge on any atom is -0.478 e. The number of rotatable bonds is 1. The number of hydrogen-bond donors (Lipinski definition) is 1. The van der Waals surface area contributed by atoms with Crippen molar-refractivity contribution in [1.82, 2.24) is 0 Å². The van der Waals surface area contributed by atoms with Crippen molar-refractivity contribution in [3.05, 3.63) is 71.6 Å². The number of carbonyl (C=O) groups is 1. The molecule has 1 N–H and O–H groups in total. The van der Waals surface area contributed by atoms with Crippen LogP contribution in [0.3, 0.4) is 0 Å². The predicted molar refractivity (Wildman–Crippen MR) is 75.2 cm³/mol. The highest BCUT2D eigenvalue weighted by Crippen LogP contribution is 2.18. The van der Waals surface area contributed by atoms with Crippen LogP contribution >= 0.6 is 11.3 Å². The highest BCUT2D eigenvalue weighted by molar-refractivity contribution is 7.17. The van der Waals surface area contributed by atoms with Gasteiger partial charge < -0.3 is 5.11 Å². The highest BCUT2D eigenvalue weighted by atomic mass is 32.1. The number of hydrogen-bond acceptors (Lipinski definition) is 2. The van der Waals surface area contributed by atoms with E-state index in [-0.39, 0.29) is 0 Å². The normalized spacial score (nSPS) is 9.56. The summed E-state index contributed by atoms with van der Waals surface area (Å²) >= 11 is 1.79. The van der Waals surface area contributed by atoms with Crippen LogP contribution in [0, 0.1) is 0 Å². The zero-order valence-electron chi connectivity index (χ0n) is 9.61. The zero-order chi connectivity index (χ0) is 12.8. The number of thiophene rings is 1. The topological polar surface area (TPSA) is 37.3 Å². The van der Waals surface area contributed by atoms with Gasteiger partial charge in [-0.25, -0.2) is 4.79 Å². The molecule has 0 spiro atoms. The molecule has 3 aromatic rings. The molecule has 0 aliphatic rings. The van der Waals surface area contributed by atoms with E-state index in [9.17, 15) is 4.79 Å². The van der Waals surface area contributed by atoms with Crippen LogP contribution in [0.15, 0.2) is 66.0 Å². The summed E-state index contributed by atoms with van der Waals surface area (Å²) in [7, 11) is 0. The van der Waals surface area contributed by atoms with Crippen LogP contribution in [0.25, 0.3) is 10.1 Å². The molecule has 0 bridgehead atoms. The second kappa shape index (κ2) is 5.98. The Kier molecular flexibility index (Phi) is 4.10. The summed E-state index contributed by atoms with van der Waals surface area (Å²) < 4.78 is 1.37. The highest BCUT2D eigenvalue weighted by Gasteiger charge is 1.96. The van der Waals surface area contributed by atoms with Crippen LogP contribution in [-0.4, -0.2) is 11.1 Å². The van der Waals surface area contributed by atoms with E-state index in [1.165, 1.54) is 10.1 Å². The van der Waals surface area contributed by atoms with Gasteiger partial charge in [0.1, 0.15) is 0 Å². The Morgan fingerprint density at radius 2 is 1.56 bits per heavy atom. The molecule has 0 fully saturated rings. The van der Waals surface area contributed by atoms with Crippen molar-refractivity contribution in [3.63, 3.8) is 0 Å². The van der Waals surface area contributed by atoms with Gasteiger partial charge in [0.05, 0.1) is 5.56 Å². The summed E-state index contributed by atoms with van der Waals surface area (Å²) in [6.07, 6.45) is 0. The minimum absolute atomic E-state index is 0.331. The van der Waals surface area contributed by atoms with E-state index in [0.29, 0.717) is 5.56 Å². The maximum absolute atomic E-state index is 10.2. The Bertz CT molecular complexity index is 599. The molecule has 0 saturated heterocycles. The first-order valence-electron chi connectivity index (χ1n) is 5.48. The predicted octanol–water partition coefficient (Wildman–Crippen LogP) is 4.29. The molecule has 0 unspecified atom stereocenters. The van der Waals surface area contributed by atoms with E-state index in [4.69, 9.17) is 5.11 Å². The summed E-state index contributed by atoms with van der Waals surface area (Å²) in [5, 5.41) is 11.9. The maximum atomic E-state index is 10.2. The van der Waals surface area contributed by atoms with Crippen LogP contribution in [0.1, 0.15) is 10.4 Å². The summed E-state index contributed by atoms with van der Waals surface area (Å²) in [6, 6.07) is 18.8. The van der Waals surface area contributed by atoms with Crippen LogP contribution in [0.5, 0.6) is 0 Å². The molecule has 90 valence electrons. The molecule has 0 saturated carbocycles. The van der Waals surface area contributed by atoms with E-state index >= 15 is 0 Å². The lowest BCUT2D eigenvalue weighted by Gasteiger charge is -1.88. The van der Waals surface area contributed by atoms with E-state index in [1.807, 2.05) is 0 Å². The van der Waals surface area contributed by atoms with E-state index in [2.05, 4.69) is 35.7 Å². The fourth-order valence-corrected chi connectivity index (χ4v) is 2.28. The largest absolute Gasteiger partial charge is 0.478 e. The molecule has 0 aliphatic carbocycles. The third kappa shape index (κ3) is 3.18. The van der Waals surface area contributed by atoms with Crippen LogP contribution in [-0.2, 0) is 0 Å². The molecule has 0 aliphatic heterocycles. The lowest BCUT2D eigenvalue weighted by atomic mass is 10.2. The van der Waals surface area contributed by atoms with Crippen LogP contribution in [0.2, 0.25) is 0 Å². The van der Waals surface area contributed by atoms with Crippen molar-refractivity contribution < 1.29 is 9.90 Å². The molecule has 2 aromatic carbocycles. The van der Waals surface area contributed by atoms with Gasteiger partial charge in [0.25, 0.3) is 0 Å². The molecule has 3 heteroatoms. The van der Waals surface area contributed by atoms with E-state index in [1.54, 1.807) is 41.7 Å². The lowest BCUT2D eigenvalue weighted by Crippen LogP contribution is -1.93. The van der Waals surface area contributed by atoms with Crippen molar-refractivity contribution in [3.8, 4) is 0 Å². The zero-order valence-corrected chi connectivity index (χ0v) is 10.4. The Morgan fingerprint density at radius 3 is 2.17 bits per heavy atom. The van der Waals surface area contributed by atoms with Gasteiger partial charge in [0.15, 0.2) is 0 Å². The van der Waals surface area contributed by atoms with Crippen molar-refractivity contribution >= 4 is 27.4 Å². The number of aromatic carboxylic acids is 1. The van der Waals surface area contributed by atoms with Gasteiger partial charge in [0, 0.05) is 4.70 Å². The second-order valence-corrected chi connectivity index (χ2v) is 4.58. The molecule has 1 heterocycles. The van der Waals surface area contributed by atoms with E-state index < -0.39 is 5.97 Å². The first-order chi connectivity index (χ1) is 8.77. The maximum Gasteiger partial charge on any atom is 0.335 e. The molecule has 2 nitrogen and oxygen atoms in total. The van der Waals surface area contributed by atoms with Gasteiger partial charge in [-0.2, -0.15) is 0 Å². The summed E-state index contributed by atoms with van der Waals surface area (Å²) in [5.41, 5.74) is 0.331. The molecule has 1 aromatic heterocycles. The summed E-state index contributed by atoms with van der Waals surface area (Å²) in [4.78, 5) is 10.2. The van der Waals surface area contributed by atoms with Crippen LogP contribution < -0.4 is 0 Å². The quantitative estimate of drug-likeness (QED) is 0.705. The van der Waals surface area contributed by atoms with Gasteiger partial charge in [-0.15, -0.1) is 11.3 Å². The Balaban J connectivity index is 0.000000134. The number of carboxylic acid groups (broad SMARTS) is 1. The first kappa shape index (κ1) is 12.3. The van der Waals surface area contributed by atoms with Gasteiger partial charge >= 0.3 is 5.97 Å². The minimum atomic E-state index is -0.879. The fraction of sp³-hybridized carbons (Fsp3) is 0. The second-order valence-electron chi connectivity index (χ2n) is 3.63. The number of benzene rings is 2. The van der Waals surface area contributed by atoms with Crippen molar-refractivity contribution in [2.75, 3.05) is 0 Å². The molecular formula is C15H12O2S. The molecule has 18 heavy (non-hydrogen) atoms. The van der Waals surface area contributed by atoms with Crippen molar-refractivity contribution in [2.24, 2.45) is 0 Å². The Hall–Kier alpha value is -2.13. The van der Waals surface area contributed by atoms with Crippen LogP contribution in [0.4, 0.5) is 0 Å². The fourth-order valence-electron chi connectivity index (χ4n) is 1.49. The standard InChI is InChI=1S/C8H6S.C7H6O2/c1-2-4-8-7(3-1)5-6-9-8;8-7(9)6-4-2-1-3-5-6/h1-6H;1-5H,(H,8,9). The smallest absolute Gasteiger partial charge is 0.335 e. The summed E-state index contributed by atoms with van der Waals surface area (Å²) in [5.74, 6) is -0.879. The molecular weight excluding hydrogens is 244 g/mol. The first-order valence-corrected chi connectivity index (χ1v) is 6.36. The molecule has 0 amide bonds. The Morgan fingerprint density at radius 1 is 0.889 bits per heavy atom. The van der Waals surface area contributed by atoms with E-state index in [0.717, 1.165) is 0 Å². The van der Waals surface area contributed by atoms with Gasteiger partial charge in [-0.1, -0.05) is 36.4 Å². The molecule has 3 rings (SSSR count). The average molecular weight is 256 g/mol. The molecule has 0 atom stereocenters. The third-order valence-corrected chi connectivity index (χ3v) is 3.28. The van der Waals surface area contributed by atoms with Gasteiger partial charge in [-0.3, -0.25) is 0 Å². The van der Waals surface area contributed by atoms with Gasteiger partial charge in [0.2, 0.25) is 0 Å². The number of carboxylic acids is 1. The average Bonchev–Trinajstić information content (AvgIpc) is 2.89. The number of fused-ring (bicyclic) bond motifs is 1. The SMILES string of the molecule is O=C(O)c1ccccc1.c1ccc2sccc2c1. The Labute approximate surface area is 109 Å². The third-order valence-electron chi connectivity index (χ3n) is 2.38. The summed E-state index contributed by atoms with van der Waals surface area (Å²) in [6.45, 7) is 0. The lowest BCUT2D eigenvalue weighted by molar-refractivity contribution is 0.0697. The van der Waals surface area contributed by atoms with Gasteiger partial charge in [-0.05, 0) is 35.0 Å². The monoisotopic (exact) mass is 256 g/mol. The molecule has 0 radical (unpaired) electrons. The van der Waals surface area contributed by atoms with Crippen molar-refractivity contribution in [2.45, 2.75) is 0 Å².